The third-order valence-electron chi connectivity index (χ3n) is 4.96. The molecule has 1 aliphatic heterocycles. The zero-order valence-corrected chi connectivity index (χ0v) is 18.5. The molecular formula is C19H30N2O5S2. The molecule has 0 aliphatic carbocycles. The van der Waals surface area contributed by atoms with Gasteiger partial charge in [0.1, 0.15) is 5.75 Å². The van der Waals surface area contributed by atoms with Crippen molar-refractivity contribution in [1.82, 2.24) is 9.21 Å². The minimum absolute atomic E-state index is 0.0214. The predicted octanol–water partition coefficient (Wildman–Crippen LogP) is 1.74. The number of benzene rings is 1. The Morgan fingerprint density at radius 2 is 1.64 bits per heavy atom. The molecule has 1 aromatic rings. The lowest BCUT2D eigenvalue weighted by atomic mass is 10.2. The van der Waals surface area contributed by atoms with Gasteiger partial charge in [0.15, 0.2) is 9.84 Å². The number of sulfone groups is 1. The van der Waals surface area contributed by atoms with Crippen LogP contribution in [0.4, 0.5) is 0 Å². The Labute approximate surface area is 168 Å². The molecule has 0 radical (unpaired) electrons. The van der Waals surface area contributed by atoms with E-state index in [-0.39, 0.29) is 36.8 Å². The first-order valence-corrected chi connectivity index (χ1v) is 12.9. The zero-order chi connectivity index (χ0) is 20.9. The molecule has 9 heteroatoms. The lowest BCUT2D eigenvalue weighted by Gasteiger charge is -2.34. The second kappa shape index (κ2) is 9.37. The van der Waals surface area contributed by atoms with Crippen LogP contribution < -0.4 is 0 Å². The van der Waals surface area contributed by atoms with Crippen molar-refractivity contribution >= 4 is 25.8 Å². The molecule has 0 aromatic heterocycles. The number of nitrogens with zero attached hydrogens (tertiary/aromatic N) is 2. The van der Waals surface area contributed by atoms with Crippen LogP contribution >= 0.6 is 0 Å². The molecule has 0 bridgehead atoms. The van der Waals surface area contributed by atoms with Crippen LogP contribution in [0.3, 0.4) is 0 Å². The number of amides is 1. The van der Waals surface area contributed by atoms with E-state index in [2.05, 4.69) is 0 Å². The van der Waals surface area contributed by atoms with E-state index in [0.29, 0.717) is 12.0 Å². The van der Waals surface area contributed by atoms with E-state index >= 15 is 0 Å². The summed E-state index contributed by atoms with van der Waals surface area (Å²) in [5.74, 6) is -0.922. The highest BCUT2D eigenvalue weighted by molar-refractivity contribution is 7.92. The average Bonchev–Trinajstić information content (AvgIpc) is 2.63. The summed E-state index contributed by atoms with van der Waals surface area (Å²) in [6.07, 6.45) is 2.30. The van der Waals surface area contributed by atoms with E-state index in [4.69, 9.17) is 0 Å². The molecule has 1 aliphatic rings. The molecule has 0 saturated carbocycles. The molecule has 1 aromatic carbocycles. The molecule has 28 heavy (non-hydrogen) atoms. The average molecular weight is 431 g/mol. The van der Waals surface area contributed by atoms with Crippen molar-refractivity contribution in [2.24, 2.45) is 0 Å². The van der Waals surface area contributed by atoms with Crippen LogP contribution in [-0.4, -0.2) is 69.6 Å². The number of hydrogen-bond acceptors (Lipinski definition) is 5. The fourth-order valence-corrected chi connectivity index (χ4v) is 6.30. The Hall–Kier alpha value is -1.45. The summed E-state index contributed by atoms with van der Waals surface area (Å²) >= 11 is 0. The summed E-state index contributed by atoms with van der Waals surface area (Å²) < 4.78 is 51.4. The Morgan fingerprint density at radius 3 is 2.25 bits per heavy atom. The SMILES string of the molecule is CCCCCS(=O)(=O)CC(=O)N1CCN(S(=O)(=O)c2cc(C)ccc2C)CC1. The van der Waals surface area contributed by atoms with Gasteiger partial charge in [-0.3, -0.25) is 4.79 Å². The minimum atomic E-state index is -3.64. The van der Waals surface area contributed by atoms with Crippen molar-refractivity contribution in [1.29, 1.82) is 0 Å². The number of sulfonamides is 1. The molecule has 0 N–H and O–H groups in total. The normalized spacial score (nSPS) is 16.3. The molecule has 1 amide bonds. The maximum absolute atomic E-state index is 12.9. The maximum atomic E-state index is 12.9. The van der Waals surface area contributed by atoms with Gasteiger partial charge < -0.3 is 4.90 Å². The van der Waals surface area contributed by atoms with Crippen LogP contribution in [0.15, 0.2) is 23.1 Å². The van der Waals surface area contributed by atoms with Crippen LogP contribution in [0.2, 0.25) is 0 Å². The van der Waals surface area contributed by atoms with Crippen LogP contribution in [-0.2, 0) is 24.7 Å². The van der Waals surface area contributed by atoms with Crippen LogP contribution in [0, 0.1) is 13.8 Å². The van der Waals surface area contributed by atoms with Gasteiger partial charge in [-0.2, -0.15) is 4.31 Å². The number of carbonyl (C=O) groups is 1. The van der Waals surface area contributed by atoms with Gasteiger partial charge in [0.25, 0.3) is 0 Å². The van der Waals surface area contributed by atoms with E-state index < -0.39 is 31.5 Å². The first-order chi connectivity index (χ1) is 13.1. The van der Waals surface area contributed by atoms with Gasteiger partial charge in [0, 0.05) is 26.2 Å². The molecule has 0 atom stereocenters. The summed E-state index contributed by atoms with van der Waals surface area (Å²) in [4.78, 5) is 14.1. The molecular weight excluding hydrogens is 400 g/mol. The van der Waals surface area contributed by atoms with Gasteiger partial charge >= 0.3 is 0 Å². The van der Waals surface area contributed by atoms with E-state index in [1.807, 2.05) is 19.9 Å². The Morgan fingerprint density at radius 1 is 1.00 bits per heavy atom. The second-order valence-corrected chi connectivity index (χ2v) is 11.4. The molecule has 1 saturated heterocycles. The molecule has 1 heterocycles. The fraction of sp³-hybridized carbons (Fsp3) is 0.632. The fourth-order valence-electron chi connectivity index (χ4n) is 3.23. The van der Waals surface area contributed by atoms with E-state index in [1.165, 1.54) is 9.21 Å². The quantitative estimate of drug-likeness (QED) is 0.586. The van der Waals surface area contributed by atoms with Crippen molar-refractivity contribution < 1.29 is 21.6 Å². The standard InChI is InChI=1S/C19H30N2O5S2/c1-4-5-6-13-27(23,24)15-19(22)20-9-11-21(12-10-20)28(25,26)18-14-16(2)7-8-17(18)3/h7-8,14H,4-6,9-13,15H2,1-3H3. The van der Waals surface area contributed by atoms with Gasteiger partial charge in [-0.15, -0.1) is 0 Å². The van der Waals surface area contributed by atoms with Crippen LogP contribution in [0.1, 0.15) is 37.3 Å². The summed E-state index contributed by atoms with van der Waals surface area (Å²) in [6, 6.07) is 5.31. The molecule has 0 spiro atoms. The zero-order valence-electron chi connectivity index (χ0n) is 16.8. The highest BCUT2D eigenvalue weighted by Crippen LogP contribution is 2.22. The van der Waals surface area contributed by atoms with Crippen LogP contribution in [0.5, 0.6) is 0 Å². The highest BCUT2D eigenvalue weighted by Gasteiger charge is 2.32. The van der Waals surface area contributed by atoms with Gasteiger partial charge in [-0.05, 0) is 37.5 Å². The molecule has 1 fully saturated rings. The monoisotopic (exact) mass is 430 g/mol. The first-order valence-electron chi connectivity index (χ1n) is 9.62. The summed E-state index contributed by atoms with van der Waals surface area (Å²) in [6.45, 7) is 6.32. The lowest BCUT2D eigenvalue weighted by molar-refractivity contribution is -0.129. The van der Waals surface area contributed by atoms with Crippen molar-refractivity contribution in [2.45, 2.75) is 44.9 Å². The summed E-state index contributed by atoms with van der Waals surface area (Å²) in [5, 5.41) is 0. The minimum Gasteiger partial charge on any atom is -0.339 e. The number of carbonyl (C=O) groups excluding carboxylic acids is 1. The van der Waals surface area contributed by atoms with Gasteiger partial charge in [-0.25, -0.2) is 16.8 Å². The molecule has 7 nitrogen and oxygen atoms in total. The Kier molecular flexibility index (Phi) is 7.64. The predicted molar refractivity (Wildman–Crippen MR) is 109 cm³/mol. The Balaban J connectivity index is 1.98. The Bertz CT molecular complexity index is 902. The number of piperazine rings is 1. The van der Waals surface area contributed by atoms with E-state index in [0.717, 1.165) is 18.4 Å². The van der Waals surface area contributed by atoms with Crippen LogP contribution in [0.25, 0.3) is 0 Å². The second-order valence-electron chi connectivity index (χ2n) is 7.35. The number of rotatable bonds is 8. The highest BCUT2D eigenvalue weighted by atomic mass is 32.2. The number of unbranched alkanes of at least 4 members (excludes halogenated alkanes) is 2. The van der Waals surface area contributed by atoms with Gasteiger partial charge in [0.05, 0.1) is 10.6 Å². The van der Waals surface area contributed by atoms with Gasteiger partial charge in [0.2, 0.25) is 15.9 Å². The van der Waals surface area contributed by atoms with Crippen molar-refractivity contribution in [3.05, 3.63) is 29.3 Å². The van der Waals surface area contributed by atoms with Crippen molar-refractivity contribution in [2.75, 3.05) is 37.7 Å². The smallest absolute Gasteiger partial charge is 0.243 e. The third-order valence-corrected chi connectivity index (χ3v) is 8.59. The number of hydrogen-bond donors (Lipinski definition) is 0. The third kappa shape index (κ3) is 5.78. The summed E-state index contributed by atoms with van der Waals surface area (Å²) in [7, 11) is -7.06. The molecule has 0 unspecified atom stereocenters. The van der Waals surface area contributed by atoms with Gasteiger partial charge in [-0.1, -0.05) is 31.9 Å². The molecule has 2 rings (SSSR count). The number of aryl methyl sites for hydroxylation is 2. The lowest BCUT2D eigenvalue weighted by Crippen LogP contribution is -2.51. The van der Waals surface area contributed by atoms with Crippen molar-refractivity contribution in [3.8, 4) is 0 Å². The largest absolute Gasteiger partial charge is 0.339 e. The van der Waals surface area contributed by atoms with E-state index in [1.54, 1.807) is 19.1 Å². The van der Waals surface area contributed by atoms with E-state index in [9.17, 15) is 21.6 Å². The topological polar surface area (TPSA) is 91.8 Å². The summed E-state index contributed by atoms with van der Waals surface area (Å²) in [5.41, 5.74) is 1.55. The molecule has 158 valence electrons. The van der Waals surface area contributed by atoms with Crippen molar-refractivity contribution in [3.63, 3.8) is 0 Å². The first kappa shape index (κ1) is 22.8. The maximum Gasteiger partial charge on any atom is 0.243 e.